The number of aromatic hydroxyl groups is 1. The van der Waals surface area contributed by atoms with E-state index in [1.54, 1.807) is 10.8 Å². The average Bonchev–Trinajstić information content (AvgIpc) is 3.24. The van der Waals surface area contributed by atoms with Gasteiger partial charge >= 0.3 is 0 Å². The Morgan fingerprint density at radius 1 is 1.04 bits per heavy atom. The van der Waals surface area contributed by atoms with Gasteiger partial charge in [0.1, 0.15) is 5.71 Å². The van der Waals surface area contributed by atoms with Gasteiger partial charge in [0.05, 0.1) is 17.6 Å². The van der Waals surface area contributed by atoms with Gasteiger partial charge in [-0.3, -0.25) is 4.57 Å². The number of aromatic nitrogens is 1. The van der Waals surface area contributed by atoms with Crippen LogP contribution < -0.4 is 0 Å². The zero-order valence-corrected chi connectivity index (χ0v) is 15.4. The van der Waals surface area contributed by atoms with Crippen LogP contribution >= 0.6 is 23.6 Å². The summed E-state index contributed by atoms with van der Waals surface area (Å²) in [6, 6.07) is 19.8. The van der Waals surface area contributed by atoms with Gasteiger partial charge in [0.2, 0.25) is 5.88 Å². The Bertz CT molecular complexity index is 1080. The van der Waals surface area contributed by atoms with Crippen molar-refractivity contribution >= 4 is 41.6 Å². The summed E-state index contributed by atoms with van der Waals surface area (Å²) in [4.78, 5) is 0.706. The summed E-state index contributed by atoms with van der Waals surface area (Å²) in [6.45, 7) is 0.541. The second kappa shape index (κ2) is 7.19. The fraction of sp³-hybridized carbons (Fsp3) is 0.0500. The summed E-state index contributed by atoms with van der Waals surface area (Å²) in [5.74, 6) is 0.170. The largest absolute Gasteiger partial charge is 0.493 e. The standard InChI is InChI=1S/C20H15N3OS2/c24-19-17(26-20(25)23(19)13-14-7-3-1-4-8-14)11-16-12-21-22-18(16)15-9-5-2-6-10-15/h1-12,24H,13H2/b16-11+. The lowest BCUT2D eigenvalue weighted by molar-refractivity contribution is 0.422. The lowest BCUT2D eigenvalue weighted by Gasteiger charge is -2.05. The fourth-order valence-corrected chi connectivity index (χ4v) is 4.01. The molecule has 0 unspecified atom stereocenters. The maximum Gasteiger partial charge on any atom is 0.210 e. The van der Waals surface area contributed by atoms with E-state index in [4.69, 9.17) is 12.2 Å². The molecule has 0 bridgehead atoms. The summed E-state index contributed by atoms with van der Waals surface area (Å²) in [6.07, 6.45) is 3.59. The van der Waals surface area contributed by atoms with Gasteiger partial charge in [-0.05, 0) is 23.9 Å². The number of hydrogen-bond acceptors (Lipinski definition) is 5. The highest BCUT2D eigenvalue weighted by atomic mass is 32.1. The molecule has 0 amide bonds. The zero-order chi connectivity index (χ0) is 17.9. The van der Waals surface area contributed by atoms with E-state index >= 15 is 0 Å². The van der Waals surface area contributed by atoms with Crippen molar-refractivity contribution in [1.82, 2.24) is 4.57 Å². The minimum absolute atomic E-state index is 0.170. The summed E-state index contributed by atoms with van der Waals surface area (Å²) < 4.78 is 2.37. The Labute approximate surface area is 160 Å². The van der Waals surface area contributed by atoms with E-state index < -0.39 is 0 Å². The van der Waals surface area contributed by atoms with Crippen molar-refractivity contribution in [3.8, 4) is 5.88 Å². The Hall–Kier alpha value is -2.83. The lowest BCUT2D eigenvalue weighted by atomic mass is 10.0. The molecule has 6 heteroatoms. The molecule has 1 N–H and O–H groups in total. The Morgan fingerprint density at radius 2 is 1.73 bits per heavy atom. The molecule has 0 radical (unpaired) electrons. The molecule has 4 rings (SSSR count). The van der Waals surface area contributed by atoms with Gasteiger partial charge < -0.3 is 5.11 Å². The SMILES string of the molecule is Oc1c(/C=C2\C=NN=C2c2ccccc2)sc(=S)n1Cc1ccccc1. The molecule has 0 atom stereocenters. The number of thiazole rings is 1. The highest BCUT2D eigenvalue weighted by Gasteiger charge is 2.16. The van der Waals surface area contributed by atoms with Gasteiger partial charge in [0, 0.05) is 11.1 Å². The van der Waals surface area contributed by atoms with Crippen LogP contribution in [0.5, 0.6) is 5.88 Å². The highest BCUT2D eigenvalue weighted by molar-refractivity contribution is 7.73. The van der Waals surface area contributed by atoms with Crippen LogP contribution in [0.2, 0.25) is 0 Å². The van der Waals surface area contributed by atoms with Crippen molar-refractivity contribution in [1.29, 1.82) is 0 Å². The molecule has 4 nitrogen and oxygen atoms in total. The molecule has 0 fully saturated rings. The van der Waals surface area contributed by atoms with Crippen LogP contribution in [0.3, 0.4) is 0 Å². The van der Waals surface area contributed by atoms with E-state index in [1.165, 1.54) is 11.3 Å². The third kappa shape index (κ3) is 3.29. The molecule has 0 saturated carbocycles. The van der Waals surface area contributed by atoms with Crippen LogP contribution in [0.4, 0.5) is 0 Å². The topological polar surface area (TPSA) is 49.9 Å². The van der Waals surface area contributed by atoms with Crippen molar-refractivity contribution in [2.45, 2.75) is 6.54 Å². The molecule has 2 aromatic carbocycles. The third-order valence-corrected chi connectivity index (χ3v) is 5.42. The van der Waals surface area contributed by atoms with E-state index in [2.05, 4.69) is 10.2 Å². The zero-order valence-electron chi connectivity index (χ0n) is 13.7. The van der Waals surface area contributed by atoms with Gasteiger partial charge in [0.15, 0.2) is 3.95 Å². The quantitative estimate of drug-likeness (QED) is 0.657. The number of rotatable bonds is 4. The Morgan fingerprint density at radius 3 is 2.46 bits per heavy atom. The van der Waals surface area contributed by atoms with Crippen LogP contribution in [-0.2, 0) is 6.54 Å². The van der Waals surface area contributed by atoms with E-state index in [-0.39, 0.29) is 5.88 Å². The monoisotopic (exact) mass is 377 g/mol. The van der Waals surface area contributed by atoms with E-state index in [0.717, 1.165) is 22.4 Å². The van der Waals surface area contributed by atoms with Crippen LogP contribution in [0.1, 0.15) is 16.0 Å². The molecule has 128 valence electrons. The van der Waals surface area contributed by atoms with Crippen molar-refractivity contribution in [3.05, 3.63) is 86.2 Å². The smallest absolute Gasteiger partial charge is 0.210 e. The van der Waals surface area contributed by atoms with Gasteiger partial charge in [0.25, 0.3) is 0 Å². The molecular weight excluding hydrogens is 362 g/mol. The maximum atomic E-state index is 10.7. The van der Waals surface area contributed by atoms with Gasteiger partial charge in [-0.2, -0.15) is 5.10 Å². The molecule has 1 aromatic heterocycles. The second-order valence-electron chi connectivity index (χ2n) is 5.79. The molecule has 26 heavy (non-hydrogen) atoms. The molecular formula is C20H15N3OS2. The molecule has 0 spiro atoms. The minimum atomic E-state index is 0.170. The number of hydrogen-bond donors (Lipinski definition) is 1. The van der Waals surface area contributed by atoms with Crippen molar-refractivity contribution in [2.24, 2.45) is 10.2 Å². The van der Waals surface area contributed by atoms with Gasteiger partial charge in [-0.25, -0.2) is 0 Å². The van der Waals surface area contributed by atoms with Crippen LogP contribution in [0.15, 0.2) is 76.4 Å². The molecule has 0 saturated heterocycles. The van der Waals surface area contributed by atoms with E-state index in [0.29, 0.717) is 15.4 Å². The predicted octanol–water partition coefficient (Wildman–Crippen LogP) is 4.91. The molecule has 1 aliphatic heterocycles. The predicted molar refractivity (Wildman–Crippen MR) is 110 cm³/mol. The van der Waals surface area contributed by atoms with Crippen molar-refractivity contribution in [2.75, 3.05) is 0 Å². The number of allylic oxidation sites excluding steroid dienone is 1. The Kier molecular flexibility index (Phi) is 4.60. The van der Waals surface area contributed by atoms with E-state index in [1.807, 2.05) is 66.7 Å². The summed E-state index contributed by atoms with van der Waals surface area (Å²) in [5, 5.41) is 18.9. The highest BCUT2D eigenvalue weighted by Crippen LogP contribution is 2.30. The first-order valence-electron chi connectivity index (χ1n) is 8.07. The molecule has 1 aliphatic rings. The first-order valence-corrected chi connectivity index (χ1v) is 9.30. The minimum Gasteiger partial charge on any atom is -0.493 e. The summed E-state index contributed by atoms with van der Waals surface area (Å²) in [5.41, 5.74) is 3.72. The fourth-order valence-electron chi connectivity index (χ4n) is 2.75. The van der Waals surface area contributed by atoms with Crippen LogP contribution in [0, 0.1) is 3.95 Å². The van der Waals surface area contributed by atoms with Gasteiger partial charge in [-0.15, -0.1) is 16.4 Å². The van der Waals surface area contributed by atoms with E-state index in [9.17, 15) is 5.11 Å². The van der Waals surface area contributed by atoms with Crippen LogP contribution in [0.25, 0.3) is 6.08 Å². The normalized spacial score (nSPS) is 14.8. The number of nitrogens with zero attached hydrogens (tertiary/aromatic N) is 3. The first kappa shape index (κ1) is 16.6. The van der Waals surface area contributed by atoms with Crippen molar-refractivity contribution < 1.29 is 5.11 Å². The molecule has 3 aromatic rings. The van der Waals surface area contributed by atoms with Crippen molar-refractivity contribution in [3.63, 3.8) is 0 Å². The lowest BCUT2D eigenvalue weighted by Crippen LogP contribution is -2.02. The third-order valence-electron chi connectivity index (χ3n) is 4.04. The first-order chi connectivity index (χ1) is 12.7. The average molecular weight is 377 g/mol. The van der Waals surface area contributed by atoms with Crippen LogP contribution in [-0.4, -0.2) is 21.6 Å². The number of benzene rings is 2. The molecule has 0 aliphatic carbocycles. The summed E-state index contributed by atoms with van der Waals surface area (Å²) in [7, 11) is 0. The maximum absolute atomic E-state index is 10.7. The van der Waals surface area contributed by atoms with Gasteiger partial charge in [-0.1, -0.05) is 60.7 Å². The second-order valence-corrected chi connectivity index (χ2v) is 7.46. The Balaban J connectivity index is 1.68. The summed E-state index contributed by atoms with van der Waals surface area (Å²) >= 11 is 6.83. The molecule has 2 heterocycles.